The second-order valence-electron chi connectivity index (χ2n) is 13.5. The Bertz CT molecular complexity index is 646. The van der Waals surface area contributed by atoms with Crippen LogP contribution >= 0.6 is 0 Å². The Kier molecular flexibility index (Phi) is 25.2. The maximum Gasteiger partial charge on any atom is 0.259 e. The first-order valence-corrected chi connectivity index (χ1v) is 18.7. The van der Waals surface area contributed by atoms with E-state index in [0.29, 0.717) is 12.0 Å². The van der Waals surface area contributed by atoms with Gasteiger partial charge in [0.1, 0.15) is 12.4 Å². The highest BCUT2D eigenvalue weighted by molar-refractivity contribution is 4.90. The molecule has 1 heterocycles. The Morgan fingerprint density at radius 1 is 0.500 bits per heavy atom. The van der Waals surface area contributed by atoms with Crippen LogP contribution in [0.25, 0.3) is 0 Å². The molecule has 1 rings (SSSR count). The van der Waals surface area contributed by atoms with Crippen molar-refractivity contribution >= 4 is 0 Å². The lowest BCUT2D eigenvalue weighted by Gasteiger charge is -2.14. The van der Waals surface area contributed by atoms with Gasteiger partial charge in [0, 0.05) is 0 Å². The summed E-state index contributed by atoms with van der Waals surface area (Å²) in [7, 11) is 0. The highest BCUT2D eigenvalue weighted by atomic mass is 15.2. The van der Waals surface area contributed by atoms with E-state index < -0.39 is 0 Å². The van der Waals surface area contributed by atoms with Crippen molar-refractivity contribution in [3.05, 3.63) is 18.2 Å². The smallest absolute Gasteiger partial charge is 0.234 e. The van der Waals surface area contributed by atoms with Crippen LogP contribution in [0.5, 0.6) is 0 Å². The highest BCUT2D eigenvalue weighted by Gasteiger charge is 2.23. The van der Waals surface area contributed by atoms with Crippen LogP contribution in [0, 0.1) is 0 Å². The lowest BCUT2D eigenvalue weighted by Crippen LogP contribution is -2.41. The van der Waals surface area contributed by atoms with E-state index in [-0.39, 0.29) is 0 Å². The summed E-state index contributed by atoms with van der Waals surface area (Å²) in [5.41, 5.74) is 0. The van der Waals surface area contributed by atoms with Crippen molar-refractivity contribution in [2.75, 3.05) is 0 Å². The second-order valence-corrected chi connectivity index (χ2v) is 13.5. The number of unbranched alkanes of at least 4 members (excludes halogenated alkanes) is 24. The lowest BCUT2D eigenvalue weighted by molar-refractivity contribution is -0.727. The van der Waals surface area contributed by atoms with E-state index in [1.165, 1.54) is 180 Å². The summed E-state index contributed by atoms with van der Waals surface area (Å²) >= 11 is 0. The van der Waals surface area contributed by atoms with Crippen molar-refractivity contribution in [3.63, 3.8) is 0 Å². The number of aromatic nitrogens is 2. The summed E-state index contributed by atoms with van der Waals surface area (Å²) < 4.78 is 5.17. The summed E-state index contributed by atoms with van der Waals surface area (Å²) in [5, 5.41) is 0. The Balaban J connectivity index is 2.09. The van der Waals surface area contributed by atoms with Gasteiger partial charge in [0.2, 0.25) is 0 Å². The molecule has 0 saturated heterocycles. The number of hydrogen-bond donors (Lipinski definition) is 0. The molecule has 0 radical (unpaired) electrons. The SMILES string of the molecule is CCCCCCCCCCCCCCCCCCn1cc[n+](C(C)CCCCCCCCCCCC)c1C(C)C. The lowest BCUT2D eigenvalue weighted by atomic mass is 10.0. The van der Waals surface area contributed by atoms with Gasteiger partial charge in [-0.1, -0.05) is 175 Å². The van der Waals surface area contributed by atoms with Gasteiger partial charge in [-0.25, -0.2) is 9.13 Å². The van der Waals surface area contributed by atoms with E-state index in [0.717, 1.165) is 0 Å². The predicted octanol–water partition coefficient (Wildman–Crippen LogP) is 13.0. The molecule has 0 aliphatic carbocycles. The predicted molar refractivity (Wildman–Crippen MR) is 179 cm³/mol. The van der Waals surface area contributed by atoms with Crippen LogP contribution < -0.4 is 4.57 Å². The summed E-state index contributed by atoms with van der Waals surface area (Å²) in [4.78, 5) is 0. The number of hydrogen-bond acceptors (Lipinski definition) is 0. The van der Waals surface area contributed by atoms with Crippen LogP contribution in [-0.4, -0.2) is 4.57 Å². The minimum absolute atomic E-state index is 0.589. The molecule has 0 spiro atoms. The third kappa shape index (κ3) is 19.4. The normalized spacial score (nSPS) is 12.6. The van der Waals surface area contributed by atoms with Gasteiger partial charge in [0.25, 0.3) is 5.82 Å². The van der Waals surface area contributed by atoms with Gasteiger partial charge in [-0.05, 0) is 32.6 Å². The van der Waals surface area contributed by atoms with E-state index in [2.05, 4.69) is 56.1 Å². The van der Waals surface area contributed by atoms with E-state index in [4.69, 9.17) is 0 Å². The minimum Gasteiger partial charge on any atom is -0.234 e. The minimum atomic E-state index is 0.589. The maximum atomic E-state index is 2.60. The molecule has 1 aromatic rings. The van der Waals surface area contributed by atoms with Gasteiger partial charge >= 0.3 is 0 Å². The standard InChI is InChI=1S/C38H75N2/c1-6-8-10-12-14-16-18-19-20-21-22-23-25-27-29-31-33-39-34-35-40(38(39)36(3)4)37(5)32-30-28-26-24-17-15-13-11-9-7-2/h34-37H,6-33H2,1-5H3/q+1. The average Bonchev–Trinajstić information content (AvgIpc) is 3.38. The Morgan fingerprint density at radius 3 is 1.23 bits per heavy atom. The molecule has 0 N–H and O–H groups in total. The van der Waals surface area contributed by atoms with Gasteiger partial charge < -0.3 is 0 Å². The molecule has 1 atom stereocenters. The topological polar surface area (TPSA) is 8.81 Å². The molecule has 236 valence electrons. The van der Waals surface area contributed by atoms with E-state index >= 15 is 0 Å². The van der Waals surface area contributed by atoms with Gasteiger partial charge in [0.15, 0.2) is 0 Å². The van der Waals surface area contributed by atoms with Crippen molar-refractivity contribution < 1.29 is 4.57 Å². The molecular formula is C38H75N2+. The molecule has 0 aliphatic heterocycles. The first-order chi connectivity index (χ1) is 19.6. The molecule has 40 heavy (non-hydrogen) atoms. The van der Waals surface area contributed by atoms with Gasteiger partial charge in [-0.15, -0.1) is 0 Å². The molecule has 0 saturated carbocycles. The third-order valence-corrected chi connectivity index (χ3v) is 9.19. The first kappa shape index (κ1) is 37.2. The Morgan fingerprint density at radius 2 is 0.850 bits per heavy atom. The summed E-state index contributed by atoms with van der Waals surface area (Å²) in [6.07, 6.45) is 43.4. The fraction of sp³-hybridized carbons (Fsp3) is 0.921. The van der Waals surface area contributed by atoms with Crippen molar-refractivity contribution in [1.82, 2.24) is 4.57 Å². The zero-order valence-corrected chi connectivity index (χ0v) is 28.5. The fourth-order valence-corrected chi connectivity index (χ4v) is 6.54. The first-order valence-electron chi connectivity index (χ1n) is 18.7. The maximum absolute atomic E-state index is 2.60. The van der Waals surface area contributed by atoms with E-state index in [9.17, 15) is 0 Å². The Hall–Kier alpha value is -0.790. The highest BCUT2D eigenvalue weighted by Crippen LogP contribution is 2.19. The largest absolute Gasteiger partial charge is 0.259 e. The second kappa shape index (κ2) is 27.1. The third-order valence-electron chi connectivity index (χ3n) is 9.19. The van der Waals surface area contributed by atoms with Crippen molar-refractivity contribution in [1.29, 1.82) is 0 Å². The summed E-state index contributed by atoms with van der Waals surface area (Å²) in [6.45, 7) is 13.0. The van der Waals surface area contributed by atoms with Crippen LogP contribution in [0.2, 0.25) is 0 Å². The van der Waals surface area contributed by atoms with Crippen LogP contribution in [0.3, 0.4) is 0 Å². The van der Waals surface area contributed by atoms with Gasteiger partial charge in [0.05, 0.1) is 18.5 Å². The number of rotatable bonds is 30. The van der Waals surface area contributed by atoms with Gasteiger partial charge in [-0.3, -0.25) is 0 Å². The fourth-order valence-electron chi connectivity index (χ4n) is 6.54. The molecule has 2 nitrogen and oxygen atoms in total. The van der Waals surface area contributed by atoms with E-state index in [1.807, 2.05) is 0 Å². The summed E-state index contributed by atoms with van der Waals surface area (Å²) in [6, 6.07) is 0.624. The van der Waals surface area contributed by atoms with E-state index in [1.54, 1.807) is 5.82 Å². The monoisotopic (exact) mass is 560 g/mol. The van der Waals surface area contributed by atoms with Crippen LogP contribution in [0.15, 0.2) is 12.4 Å². The van der Waals surface area contributed by atoms with Crippen LogP contribution in [0.4, 0.5) is 0 Å². The molecule has 2 heteroatoms. The molecule has 0 aromatic carbocycles. The molecular weight excluding hydrogens is 484 g/mol. The molecule has 0 amide bonds. The average molecular weight is 560 g/mol. The quantitative estimate of drug-likeness (QED) is 0.0654. The van der Waals surface area contributed by atoms with Crippen molar-refractivity contribution in [2.45, 2.75) is 226 Å². The zero-order valence-electron chi connectivity index (χ0n) is 28.5. The van der Waals surface area contributed by atoms with Crippen LogP contribution in [0.1, 0.15) is 226 Å². The van der Waals surface area contributed by atoms with Crippen molar-refractivity contribution in [2.24, 2.45) is 0 Å². The van der Waals surface area contributed by atoms with Gasteiger partial charge in [-0.2, -0.15) is 0 Å². The zero-order chi connectivity index (χ0) is 29.1. The number of aryl methyl sites for hydroxylation is 1. The number of imidazole rings is 1. The molecule has 0 fully saturated rings. The molecule has 1 aromatic heterocycles. The molecule has 0 bridgehead atoms. The Labute approximate surface area is 253 Å². The molecule has 0 aliphatic rings. The number of nitrogens with zero attached hydrogens (tertiary/aromatic N) is 2. The van der Waals surface area contributed by atoms with Crippen LogP contribution in [-0.2, 0) is 6.54 Å². The molecule has 1 unspecified atom stereocenters. The van der Waals surface area contributed by atoms with Crippen molar-refractivity contribution in [3.8, 4) is 0 Å². The summed E-state index contributed by atoms with van der Waals surface area (Å²) in [5.74, 6) is 2.13.